The standard InChI is InChI=1S/C13H16ClNO3S2/c1-9-2-3-12(11(14)6-9)15-13(16)7-19-10-4-5-20(17,18)8-10/h2-3,6,10H,4-5,7-8H2,1H3,(H,15,16)/t10-/m1/s1. The van der Waals surface area contributed by atoms with Gasteiger partial charge in [-0.3, -0.25) is 4.79 Å². The van der Waals surface area contributed by atoms with Crippen molar-refractivity contribution in [3.63, 3.8) is 0 Å². The maximum Gasteiger partial charge on any atom is 0.234 e. The van der Waals surface area contributed by atoms with Crippen LogP contribution in [0.5, 0.6) is 0 Å². The molecule has 1 aliphatic rings. The van der Waals surface area contributed by atoms with Crippen LogP contribution < -0.4 is 5.32 Å². The molecular formula is C13H16ClNO3S2. The van der Waals surface area contributed by atoms with E-state index in [1.165, 1.54) is 11.8 Å². The van der Waals surface area contributed by atoms with Crippen molar-refractivity contribution in [3.8, 4) is 0 Å². The van der Waals surface area contributed by atoms with Gasteiger partial charge in [-0.05, 0) is 31.0 Å². The molecule has 0 aromatic heterocycles. The van der Waals surface area contributed by atoms with E-state index >= 15 is 0 Å². The molecule has 0 unspecified atom stereocenters. The van der Waals surface area contributed by atoms with Gasteiger partial charge in [-0.2, -0.15) is 0 Å². The predicted octanol–water partition coefficient (Wildman–Crippen LogP) is 2.51. The van der Waals surface area contributed by atoms with Crippen LogP contribution in [0.4, 0.5) is 5.69 Å². The summed E-state index contributed by atoms with van der Waals surface area (Å²) in [4.78, 5) is 11.8. The van der Waals surface area contributed by atoms with Crippen LogP contribution in [-0.4, -0.2) is 36.8 Å². The fourth-order valence-electron chi connectivity index (χ4n) is 1.99. The summed E-state index contributed by atoms with van der Waals surface area (Å²) in [5.74, 6) is 0.488. The van der Waals surface area contributed by atoms with Crippen LogP contribution in [0, 0.1) is 6.92 Å². The summed E-state index contributed by atoms with van der Waals surface area (Å²) in [5, 5.41) is 3.27. The minimum Gasteiger partial charge on any atom is -0.324 e. The minimum atomic E-state index is -2.89. The highest BCUT2D eigenvalue weighted by atomic mass is 35.5. The molecule has 20 heavy (non-hydrogen) atoms. The summed E-state index contributed by atoms with van der Waals surface area (Å²) >= 11 is 7.43. The highest BCUT2D eigenvalue weighted by Crippen LogP contribution is 2.26. The number of anilines is 1. The molecule has 1 N–H and O–H groups in total. The van der Waals surface area contributed by atoms with E-state index in [1.54, 1.807) is 12.1 Å². The van der Waals surface area contributed by atoms with E-state index in [2.05, 4.69) is 5.32 Å². The summed E-state index contributed by atoms with van der Waals surface area (Å²) in [5.41, 5.74) is 1.61. The summed E-state index contributed by atoms with van der Waals surface area (Å²) < 4.78 is 22.6. The lowest BCUT2D eigenvalue weighted by Gasteiger charge is -2.10. The average Bonchev–Trinajstić information content (AvgIpc) is 2.70. The lowest BCUT2D eigenvalue weighted by molar-refractivity contribution is -0.113. The number of hydrogen-bond donors (Lipinski definition) is 1. The first kappa shape index (κ1) is 15.7. The van der Waals surface area contributed by atoms with Crippen LogP contribution in [0.1, 0.15) is 12.0 Å². The molecular weight excluding hydrogens is 318 g/mol. The Morgan fingerprint density at radius 2 is 2.25 bits per heavy atom. The molecule has 1 fully saturated rings. The van der Waals surface area contributed by atoms with Gasteiger partial charge in [-0.25, -0.2) is 8.42 Å². The van der Waals surface area contributed by atoms with Gasteiger partial charge in [0.2, 0.25) is 5.91 Å². The van der Waals surface area contributed by atoms with E-state index in [0.717, 1.165) is 5.56 Å². The Hall–Kier alpha value is -0.720. The van der Waals surface area contributed by atoms with Crippen LogP contribution in [0.2, 0.25) is 5.02 Å². The van der Waals surface area contributed by atoms with Gasteiger partial charge in [-0.15, -0.1) is 11.8 Å². The first-order valence-electron chi connectivity index (χ1n) is 6.24. The normalized spacial score (nSPS) is 20.8. The van der Waals surface area contributed by atoms with Crippen molar-refractivity contribution in [2.75, 3.05) is 22.6 Å². The van der Waals surface area contributed by atoms with Crippen molar-refractivity contribution in [3.05, 3.63) is 28.8 Å². The number of hydrogen-bond acceptors (Lipinski definition) is 4. The first-order chi connectivity index (χ1) is 9.35. The summed E-state index contributed by atoms with van der Waals surface area (Å²) in [6.07, 6.45) is 0.631. The highest BCUT2D eigenvalue weighted by molar-refractivity contribution is 8.02. The zero-order valence-corrected chi connectivity index (χ0v) is 13.4. The highest BCUT2D eigenvalue weighted by Gasteiger charge is 2.28. The lowest BCUT2D eigenvalue weighted by atomic mass is 10.2. The van der Waals surface area contributed by atoms with E-state index in [0.29, 0.717) is 17.1 Å². The molecule has 1 aromatic rings. The third kappa shape index (κ3) is 4.40. The van der Waals surface area contributed by atoms with Gasteiger partial charge in [0.05, 0.1) is 28.0 Å². The largest absolute Gasteiger partial charge is 0.324 e. The third-order valence-corrected chi connectivity index (χ3v) is 6.63. The maximum atomic E-state index is 11.8. The van der Waals surface area contributed by atoms with Gasteiger partial charge in [0, 0.05) is 5.25 Å². The molecule has 0 saturated carbocycles. The Labute approximate surface area is 128 Å². The zero-order chi connectivity index (χ0) is 14.8. The Morgan fingerprint density at radius 1 is 1.50 bits per heavy atom. The molecule has 0 aliphatic carbocycles. The summed E-state index contributed by atoms with van der Waals surface area (Å²) in [6, 6.07) is 5.42. The molecule has 110 valence electrons. The molecule has 7 heteroatoms. The van der Waals surface area contributed by atoms with Crippen LogP contribution >= 0.6 is 23.4 Å². The fraction of sp³-hybridized carbons (Fsp3) is 0.462. The number of benzene rings is 1. The number of sulfone groups is 1. The second-order valence-electron chi connectivity index (χ2n) is 4.87. The number of nitrogens with one attached hydrogen (secondary N) is 1. The van der Waals surface area contributed by atoms with E-state index in [-0.39, 0.29) is 28.4 Å². The third-order valence-electron chi connectivity index (χ3n) is 3.04. The Kier molecular flexibility index (Phi) is 4.99. The second-order valence-corrected chi connectivity index (χ2v) is 8.79. The molecule has 1 amide bonds. The number of carbonyl (C=O) groups is 1. The van der Waals surface area contributed by atoms with Gasteiger partial charge in [0.15, 0.2) is 9.84 Å². The molecule has 1 aromatic carbocycles. The molecule has 0 radical (unpaired) electrons. The van der Waals surface area contributed by atoms with Gasteiger partial charge < -0.3 is 5.32 Å². The van der Waals surface area contributed by atoms with Crippen molar-refractivity contribution >= 4 is 44.8 Å². The summed E-state index contributed by atoms with van der Waals surface area (Å²) in [6.45, 7) is 1.92. The summed E-state index contributed by atoms with van der Waals surface area (Å²) in [7, 11) is -2.89. The van der Waals surface area contributed by atoms with Crippen molar-refractivity contribution in [2.45, 2.75) is 18.6 Å². The number of carbonyl (C=O) groups excluding carboxylic acids is 1. The monoisotopic (exact) mass is 333 g/mol. The maximum absolute atomic E-state index is 11.8. The quantitative estimate of drug-likeness (QED) is 0.919. The lowest BCUT2D eigenvalue weighted by Crippen LogP contribution is -2.17. The van der Waals surface area contributed by atoms with E-state index in [1.807, 2.05) is 13.0 Å². The van der Waals surface area contributed by atoms with Crippen LogP contribution in [0.15, 0.2) is 18.2 Å². The number of amides is 1. The van der Waals surface area contributed by atoms with Crippen molar-refractivity contribution < 1.29 is 13.2 Å². The van der Waals surface area contributed by atoms with Crippen LogP contribution in [-0.2, 0) is 14.6 Å². The zero-order valence-electron chi connectivity index (χ0n) is 11.1. The van der Waals surface area contributed by atoms with Crippen LogP contribution in [0.3, 0.4) is 0 Å². The number of rotatable bonds is 4. The molecule has 1 aliphatic heterocycles. The Morgan fingerprint density at radius 3 is 2.85 bits per heavy atom. The Balaban J connectivity index is 1.84. The molecule has 1 heterocycles. The van der Waals surface area contributed by atoms with E-state index in [9.17, 15) is 13.2 Å². The average molecular weight is 334 g/mol. The predicted molar refractivity (Wildman–Crippen MR) is 84.3 cm³/mol. The number of halogens is 1. The number of thioether (sulfide) groups is 1. The molecule has 1 atom stereocenters. The minimum absolute atomic E-state index is 0.0271. The first-order valence-corrected chi connectivity index (χ1v) is 9.48. The molecule has 0 spiro atoms. The van der Waals surface area contributed by atoms with Gasteiger partial charge in [-0.1, -0.05) is 17.7 Å². The van der Waals surface area contributed by atoms with Crippen molar-refractivity contribution in [1.29, 1.82) is 0 Å². The van der Waals surface area contributed by atoms with Gasteiger partial charge >= 0.3 is 0 Å². The smallest absolute Gasteiger partial charge is 0.234 e. The number of aryl methyl sites for hydroxylation is 1. The van der Waals surface area contributed by atoms with Gasteiger partial charge in [0.25, 0.3) is 0 Å². The SMILES string of the molecule is Cc1ccc(NC(=O)CS[C@@H]2CCS(=O)(=O)C2)c(Cl)c1. The molecule has 4 nitrogen and oxygen atoms in total. The Bertz CT molecular complexity index is 616. The van der Waals surface area contributed by atoms with Crippen molar-refractivity contribution in [2.24, 2.45) is 0 Å². The van der Waals surface area contributed by atoms with Crippen LogP contribution in [0.25, 0.3) is 0 Å². The molecule has 0 bridgehead atoms. The fourth-order valence-corrected chi connectivity index (χ4v) is 5.72. The van der Waals surface area contributed by atoms with E-state index < -0.39 is 9.84 Å². The second kappa shape index (κ2) is 6.37. The molecule has 2 rings (SSSR count). The van der Waals surface area contributed by atoms with Gasteiger partial charge in [0.1, 0.15) is 0 Å². The van der Waals surface area contributed by atoms with Crippen molar-refractivity contribution in [1.82, 2.24) is 0 Å². The molecule has 1 saturated heterocycles. The topological polar surface area (TPSA) is 63.2 Å². The van der Waals surface area contributed by atoms with E-state index in [4.69, 9.17) is 11.6 Å².